The molecule has 0 amide bonds. The maximum Gasteiger partial charge on any atom is 0.191 e. The molecule has 1 heterocycles. The number of rotatable bonds is 6. The van der Waals surface area contributed by atoms with Crippen LogP contribution >= 0.6 is 27.3 Å². The summed E-state index contributed by atoms with van der Waals surface area (Å²) < 4.78 is 1.08. The highest BCUT2D eigenvalue weighted by Crippen LogP contribution is 2.17. The number of hydrogen-bond donors (Lipinski definition) is 2. The highest BCUT2D eigenvalue weighted by atomic mass is 79.9. The lowest BCUT2D eigenvalue weighted by atomic mass is 10.2. The monoisotopic (exact) mass is 395 g/mol. The van der Waals surface area contributed by atoms with Gasteiger partial charge in [0.15, 0.2) is 11.1 Å². The van der Waals surface area contributed by atoms with Crippen LogP contribution < -0.4 is 15.5 Å². The molecule has 23 heavy (non-hydrogen) atoms. The molecule has 0 fully saturated rings. The minimum Gasteiger partial charge on any atom is -0.357 e. The molecule has 2 N–H and O–H groups in total. The summed E-state index contributed by atoms with van der Waals surface area (Å²) in [5.74, 6) is 0.801. The third kappa shape index (κ3) is 5.84. The Kier molecular flexibility index (Phi) is 6.85. The fourth-order valence-electron chi connectivity index (χ4n) is 1.86. The van der Waals surface area contributed by atoms with Crippen LogP contribution in [-0.4, -0.2) is 31.6 Å². The maximum absolute atomic E-state index is 4.61. The predicted molar refractivity (Wildman–Crippen MR) is 102 cm³/mol. The lowest BCUT2D eigenvalue weighted by Crippen LogP contribution is -2.36. The highest BCUT2D eigenvalue weighted by molar-refractivity contribution is 9.10. The smallest absolute Gasteiger partial charge is 0.191 e. The molecule has 0 spiro atoms. The molecule has 2 aromatic rings. The molecule has 0 bridgehead atoms. The van der Waals surface area contributed by atoms with Gasteiger partial charge in [0, 0.05) is 30.5 Å². The Morgan fingerprint density at radius 2 is 2.00 bits per heavy atom. The van der Waals surface area contributed by atoms with E-state index in [1.807, 2.05) is 31.1 Å². The lowest BCUT2D eigenvalue weighted by molar-refractivity contribution is 0.803. The van der Waals surface area contributed by atoms with E-state index in [1.165, 1.54) is 5.56 Å². The fraction of sp³-hybridized carbons (Fsp3) is 0.375. The number of nitrogens with zero attached hydrogens (tertiary/aromatic N) is 3. The first-order valence-electron chi connectivity index (χ1n) is 7.47. The minimum absolute atomic E-state index is 0.641. The van der Waals surface area contributed by atoms with Gasteiger partial charge < -0.3 is 15.5 Å². The van der Waals surface area contributed by atoms with Crippen molar-refractivity contribution in [2.24, 2.45) is 4.99 Å². The highest BCUT2D eigenvalue weighted by Gasteiger charge is 2.04. The van der Waals surface area contributed by atoms with E-state index in [0.717, 1.165) is 27.8 Å². The Balaban J connectivity index is 1.94. The molecule has 0 saturated carbocycles. The molecule has 5 nitrogen and oxygen atoms in total. The van der Waals surface area contributed by atoms with E-state index in [9.17, 15) is 0 Å². The average molecular weight is 396 g/mol. The van der Waals surface area contributed by atoms with Crippen LogP contribution in [0.1, 0.15) is 18.2 Å². The molecule has 0 aliphatic heterocycles. The lowest BCUT2D eigenvalue weighted by Gasteiger charge is -2.10. The van der Waals surface area contributed by atoms with Gasteiger partial charge in [-0.1, -0.05) is 28.1 Å². The molecule has 124 valence electrons. The van der Waals surface area contributed by atoms with Crippen molar-refractivity contribution in [3.63, 3.8) is 0 Å². The summed E-state index contributed by atoms with van der Waals surface area (Å²) in [4.78, 5) is 11.2. The van der Waals surface area contributed by atoms with Crippen LogP contribution in [0.25, 0.3) is 0 Å². The first-order chi connectivity index (χ1) is 11.1. The Morgan fingerprint density at radius 1 is 1.26 bits per heavy atom. The van der Waals surface area contributed by atoms with Crippen molar-refractivity contribution >= 4 is 38.4 Å². The molecule has 1 aromatic heterocycles. The number of thiazole rings is 1. The van der Waals surface area contributed by atoms with Gasteiger partial charge in [-0.25, -0.2) is 9.98 Å². The van der Waals surface area contributed by atoms with E-state index in [1.54, 1.807) is 11.3 Å². The van der Waals surface area contributed by atoms with Gasteiger partial charge in [0.25, 0.3) is 0 Å². The van der Waals surface area contributed by atoms with Crippen LogP contribution in [0, 0.1) is 0 Å². The summed E-state index contributed by atoms with van der Waals surface area (Å²) in [7, 11) is 4.00. The normalized spacial score (nSPS) is 11.4. The summed E-state index contributed by atoms with van der Waals surface area (Å²) in [6.07, 6.45) is 0. The molecule has 1 aromatic carbocycles. The molecule has 0 aliphatic carbocycles. The SMILES string of the molecule is CCNC(=NCc1ccc(Br)cc1)NCc1csc(N(C)C)n1. The van der Waals surface area contributed by atoms with E-state index in [4.69, 9.17) is 0 Å². The molecule has 0 aliphatic rings. The Morgan fingerprint density at radius 3 is 2.61 bits per heavy atom. The largest absolute Gasteiger partial charge is 0.357 e. The number of halogens is 1. The number of aliphatic imine (C=N–C) groups is 1. The minimum atomic E-state index is 0.641. The number of benzene rings is 1. The topological polar surface area (TPSA) is 52.6 Å². The second-order valence-corrected chi connectivity index (χ2v) is 6.94. The quantitative estimate of drug-likeness (QED) is 0.582. The van der Waals surface area contributed by atoms with Crippen LogP contribution in [0.4, 0.5) is 5.13 Å². The van der Waals surface area contributed by atoms with Gasteiger partial charge >= 0.3 is 0 Å². The van der Waals surface area contributed by atoms with Gasteiger partial charge in [-0.3, -0.25) is 0 Å². The van der Waals surface area contributed by atoms with Crippen molar-refractivity contribution in [1.29, 1.82) is 0 Å². The van der Waals surface area contributed by atoms with Crippen molar-refractivity contribution in [1.82, 2.24) is 15.6 Å². The van der Waals surface area contributed by atoms with E-state index in [2.05, 4.69) is 61.0 Å². The number of aromatic nitrogens is 1. The summed E-state index contributed by atoms with van der Waals surface area (Å²) in [5.41, 5.74) is 2.20. The second-order valence-electron chi connectivity index (χ2n) is 5.19. The molecule has 0 saturated heterocycles. The first-order valence-corrected chi connectivity index (χ1v) is 9.14. The van der Waals surface area contributed by atoms with Gasteiger partial charge in [-0.15, -0.1) is 11.3 Å². The van der Waals surface area contributed by atoms with Crippen LogP contribution in [0.2, 0.25) is 0 Å². The standard InChI is InChI=1S/C16H22BrN5S/c1-4-18-15(19-9-12-5-7-13(17)8-6-12)20-10-14-11-23-16(21-14)22(2)3/h5-8,11H,4,9-10H2,1-3H3,(H2,18,19,20). The van der Waals surface area contributed by atoms with E-state index in [0.29, 0.717) is 13.1 Å². The first kappa shape index (κ1) is 17.7. The Hall–Kier alpha value is -1.60. The molecule has 0 radical (unpaired) electrons. The number of anilines is 1. The van der Waals surface area contributed by atoms with Crippen molar-refractivity contribution in [2.45, 2.75) is 20.0 Å². The maximum atomic E-state index is 4.61. The molecular weight excluding hydrogens is 374 g/mol. The van der Waals surface area contributed by atoms with Crippen LogP contribution in [0.15, 0.2) is 39.1 Å². The second kappa shape index (κ2) is 8.88. The molecule has 0 unspecified atom stereocenters. The fourth-order valence-corrected chi connectivity index (χ4v) is 2.88. The summed E-state index contributed by atoms with van der Waals surface area (Å²) in [6, 6.07) is 8.20. The molecule has 7 heteroatoms. The van der Waals surface area contributed by atoms with Gasteiger partial charge in [0.05, 0.1) is 18.8 Å². The third-order valence-electron chi connectivity index (χ3n) is 3.04. The average Bonchev–Trinajstić information content (AvgIpc) is 3.01. The predicted octanol–water partition coefficient (Wildman–Crippen LogP) is 3.23. The van der Waals surface area contributed by atoms with Gasteiger partial charge in [0.2, 0.25) is 0 Å². The van der Waals surface area contributed by atoms with E-state index < -0.39 is 0 Å². The van der Waals surface area contributed by atoms with Crippen LogP contribution in [-0.2, 0) is 13.1 Å². The van der Waals surface area contributed by atoms with Crippen molar-refractivity contribution in [3.8, 4) is 0 Å². The molecule has 2 rings (SSSR count). The molecular formula is C16H22BrN5S. The van der Waals surface area contributed by atoms with Crippen LogP contribution in [0.5, 0.6) is 0 Å². The van der Waals surface area contributed by atoms with E-state index in [-0.39, 0.29) is 0 Å². The van der Waals surface area contributed by atoms with Crippen molar-refractivity contribution in [2.75, 3.05) is 25.5 Å². The van der Waals surface area contributed by atoms with Crippen molar-refractivity contribution < 1.29 is 0 Å². The van der Waals surface area contributed by atoms with Gasteiger partial charge in [-0.2, -0.15) is 0 Å². The summed E-state index contributed by atoms with van der Waals surface area (Å²) in [5, 5.41) is 9.67. The zero-order valence-corrected chi connectivity index (χ0v) is 16.0. The van der Waals surface area contributed by atoms with E-state index >= 15 is 0 Å². The van der Waals surface area contributed by atoms with Gasteiger partial charge in [-0.05, 0) is 24.6 Å². The number of guanidine groups is 1. The molecule has 0 atom stereocenters. The van der Waals surface area contributed by atoms with Crippen molar-refractivity contribution in [3.05, 3.63) is 45.4 Å². The zero-order valence-electron chi connectivity index (χ0n) is 13.6. The third-order valence-corrected chi connectivity index (χ3v) is 4.62. The summed E-state index contributed by atoms with van der Waals surface area (Å²) in [6.45, 7) is 4.19. The van der Waals surface area contributed by atoms with Gasteiger partial charge in [0.1, 0.15) is 0 Å². The Labute approximate surface area is 150 Å². The summed E-state index contributed by atoms with van der Waals surface area (Å²) >= 11 is 5.09. The Bertz CT molecular complexity index is 636. The zero-order chi connectivity index (χ0) is 16.7. The number of nitrogens with one attached hydrogen (secondary N) is 2. The number of hydrogen-bond acceptors (Lipinski definition) is 4. The van der Waals surface area contributed by atoms with Crippen LogP contribution in [0.3, 0.4) is 0 Å².